The van der Waals surface area contributed by atoms with E-state index in [-0.39, 0.29) is 25.0 Å². The van der Waals surface area contributed by atoms with E-state index in [0.717, 1.165) is 0 Å². The van der Waals surface area contributed by atoms with Gasteiger partial charge in [-0.2, -0.15) is 0 Å². The molecule has 0 heterocycles. The molecule has 0 atom stereocenters. The highest BCUT2D eigenvalue weighted by atomic mass is 31.2. The highest BCUT2D eigenvalue weighted by molar-refractivity contribution is 7.53. The number of carbonyl (C=O) groups excluding carboxylic acids is 2. The first-order chi connectivity index (χ1) is 7.65. The SMILES string of the molecule is CN(C)C(=O)COP(C)(=O)OCC(=O)N(C)C. The topological polar surface area (TPSA) is 76.1 Å². The molecule has 0 aromatic heterocycles. The van der Waals surface area contributed by atoms with E-state index in [1.165, 1.54) is 16.5 Å². The summed E-state index contributed by atoms with van der Waals surface area (Å²) in [6, 6.07) is 0. The smallest absolute Gasteiger partial charge is 0.328 e. The van der Waals surface area contributed by atoms with Gasteiger partial charge in [0.2, 0.25) is 11.8 Å². The van der Waals surface area contributed by atoms with Gasteiger partial charge in [-0.1, -0.05) is 0 Å². The normalized spacial score (nSPS) is 11.1. The fourth-order valence-electron chi connectivity index (χ4n) is 0.640. The molecule has 0 aromatic carbocycles. The molecular formula is C9H19N2O5P. The molecule has 0 N–H and O–H groups in total. The van der Waals surface area contributed by atoms with Crippen LogP contribution < -0.4 is 0 Å². The Bertz CT molecular complexity index is 301. The van der Waals surface area contributed by atoms with Crippen LogP contribution >= 0.6 is 7.60 Å². The minimum Gasteiger partial charge on any atom is -0.347 e. The van der Waals surface area contributed by atoms with Gasteiger partial charge in [0.15, 0.2) is 0 Å². The van der Waals surface area contributed by atoms with Gasteiger partial charge in [0, 0.05) is 34.9 Å². The van der Waals surface area contributed by atoms with E-state index in [9.17, 15) is 14.2 Å². The first-order valence-electron chi connectivity index (χ1n) is 4.92. The molecular weight excluding hydrogens is 247 g/mol. The highest BCUT2D eigenvalue weighted by Crippen LogP contribution is 2.43. The van der Waals surface area contributed by atoms with Crippen LogP contribution in [0.2, 0.25) is 0 Å². The molecule has 0 aliphatic rings. The van der Waals surface area contributed by atoms with Crippen LogP contribution in [0.3, 0.4) is 0 Å². The highest BCUT2D eigenvalue weighted by Gasteiger charge is 2.21. The van der Waals surface area contributed by atoms with Crippen molar-refractivity contribution in [2.75, 3.05) is 48.1 Å². The Morgan fingerprint density at radius 1 is 0.941 bits per heavy atom. The zero-order valence-electron chi connectivity index (χ0n) is 10.8. The molecule has 0 aliphatic heterocycles. The Balaban J connectivity index is 4.09. The van der Waals surface area contributed by atoms with Gasteiger partial charge in [-0.15, -0.1) is 0 Å². The Kier molecular flexibility index (Phi) is 6.37. The number of hydrogen-bond donors (Lipinski definition) is 0. The van der Waals surface area contributed by atoms with Crippen LogP contribution in [0, 0.1) is 0 Å². The molecule has 0 spiro atoms. The Morgan fingerprint density at radius 3 is 1.47 bits per heavy atom. The van der Waals surface area contributed by atoms with Crippen molar-refractivity contribution in [1.82, 2.24) is 9.80 Å². The van der Waals surface area contributed by atoms with Crippen LogP contribution in [-0.2, 0) is 23.2 Å². The lowest BCUT2D eigenvalue weighted by Gasteiger charge is -2.17. The second kappa shape index (κ2) is 6.74. The summed E-state index contributed by atoms with van der Waals surface area (Å²) in [6.45, 7) is 0.548. The van der Waals surface area contributed by atoms with Crippen LogP contribution in [0.25, 0.3) is 0 Å². The lowest BCUT2D eigenvalue weighted by molar-refractivity contribution is -0.131. The Morgan fingerprint density at radius 2 is 1.24 bits per heavy atom. The quantitative estimate of drug-likeness (QED) is 0.633. The summed E-state index contributed by atoms with van der Waals surface area (Å²) in [6.07, 6.45) is 0. The molecule has 7 nitrogen and oxygen atoms in total. The molecule has 100 valence electrons. The van der Waals surface area contributed by atoms with Crippen LogP contribution in [0.1, 0.15) is 0 Å². The molecule has 0 saturated carbocycles. The molecule has 0 bridgehead atoms. The summed E-state index contributed by atoms with van der Waals surface area (Å²) in [4.78, 5) is 25.0. The maximum absolute atomic E-state index is 11.7. The third-order valence-corrected chi connectivity index (χ3v) is 3.04. The third-order valence-electron chi connectivity index (χ3n) is 1.84. The van der Waals surface area contributed by atoms with Gasteiger partial charge < -0.3 is 9.80 Å². The molecule has 0 aliphatic carbocycles. The van der Waals surface area contributed by atoms with Gasteiger partial charge in [0.25, 0.3) is 0 Å². The first-order valence-corrected chi connectivity index (χ1v) is 6.91. The van der Waals surface area contributed by atoms with E-state index in [1.807, 2.05) is 0 Å². The van der Waals surface area contributed by atoms with Crippen molar-refractivity contribution in [1.29, 1.82) is 0 Å². The monoisotopic (exact) mass is 266 g/mol. The fraction of sp³-hybridized carbons (Fsp3) is 0.778. The Hall–Kier alpha value is -0.910. The van der Waals surface area contributed by atoms with Crippen molar-refractivity contribution >= 4 is 19.4 Å². The number of rotatable bonds is 6. The van der Waals surface area contributed by atoms with E-state index >= 15 is 0 Å². The molecule has 0 aromatic rings. The van der Waals surface area contributed by atoms with E-state index in [4.69, 9.17) is 9.05 Å². The lowest BCUT2D eigenvalue weighted by Crippen LogP contribution is -2.27. The second-order valence-corrected chi connectivity index (χ2v) is 5.95. The van der Waals surface area contributed by atoms with E-state index in [1.54, 1.807) is 28.2 Å². The third kappa shape index (κ3) is 7.10. The molecule has 0 rings (SSSR count). The first kappa shape index (κ1) is 16.1. The largest absolute Gasteiger partial charge is 0.347 e. The standard InChI is InChI=1S/C9H19N2O5P/c1-10(2)8(12)6-15-17(5,14)16-7-9(13)11(3)4/h6-7H2,1-5H3. The number of hydrogen-bond acceptors (Lipinski definition) is 5. The van der Waals surface area contributed by atoms with Crippen molar-refractivity contribution < 1.29 is 23.2 Å². The minimum absolute atomic E-state index is 0.324. The van der Waals surface area contributed by atoms with Crippen molar-refractivity contribution in [2.24, 2.45) is 0 Å². The minimum atomic E-state index is -3.37. The summed E-state index contributed by atoms with van der Waals surface area (Å²) in [5, 5.41) is 0. The van der Waals surface area contributed by atoms with Gasteiger partial charge >= 0.3 is 7.60 Å². The summed E-state index contributed by atoms with van der Waals surface area (Å²) in [7, 11) is 2.86. The van der Waals surface area contributed by atoms with E-state index in [2.05, 4.69) is 0 Å². The average Bonchev–Trinajstić information content (AvgIpc) is 2.22. The lowest BCUT2D eigenvalue weighted by atomic mass is 10.6. The molecule has 17 heavy (non-hydrogen) atoms. The summed E-state index contributed by atoms with van der Waals surface area (Å²) < 4.78 is 21.4. The summed E-state index contributed by atoms with van der Waals surface area (Å²) in [5.74, 6) is -0.649. The predicted octanol–water partition coefficient (Wildman–Crippen LogP) is 0.0189. The van der Waals surface area contributed by atoms with Crippen LogP contribution in [0.4, 0.5) is 0 Å². The van der Waals surface area contributed by atoms with Crippen molar-refractivity contribution in [3.05, 3.63) is 0 Å². The zero-order chi connectivity index (χ0) is 13.6. The molecule has 0 saturated heterocycles. The predicted molar refractivity (Wildman–Crippen MR) is 62.8 cm³/mol. The average molecular weight is 266 g/mol. The molecule has 0 radical (unpaired) electrons. The van der Waals surface area contributed by atoms with Crippen molar-refractivity contribution in [2.45, 2.75) is 0 Å². The maximum Gasteiger partial charge on any atom is 0.328 e. The second-order valence-electron chi connectivity index (χ2n) is 3.89. The number of carbonyl (C=O) groups is 2. The maximum atomic E-state index is 11.7. The summed E-state index contributed by atoms with van der Waals surface area (Å²) >= 11 is 0. The van der Waals surface area contributed by atoms with E-state index in [0.29, 0.717) is 0 Å². The van der Waals surface area contributed by atoms with Crippen molar-refractivity contribution in [3.63, 3.8) is 0 Å². The molecule has 0 fully saturated rings. The van der Waals surface area contributed by atoms with Crippen LogP contribution in [-0.4, -0.2) is 69.7 Å². The van der Waals surface area contributed by atoms with Gasteiger partial charge in [-0.3, -0.25) is 23.2 Å². The van der Waals surface area contributed by atoms with Crippen molar-refractivity contribution in [3.8, 4) is 0 Å². The van der Waals surface area contributed by atoms with Gasteiger partial charge in [0.1, 0.15) is 13.2 Å². The van der Waals surface area contributed by atoms with Crippen LogP contribution in [0.5, 0.6) is 0 Å². The van der Waals surface area contributed by atoms with Gasteiger partial charge in [-0.25, -0.2) is 0 Å². The Labute approximate surface area is 101 Å². The fourth-order valence-corrected chi connectivity index (χ4v) is 1.40. The van der Waals surface area contributed by atoms with Crippen LogP contribution in [0.15, 0.2) is 0 Å². The number of likely N-dealkylation sites (N-methyl/N-ethyl adjacent to an activating group) is 2. The number of amides is 2. The van der Waals surface area contributed by atoms with Gasteiger partial charge in [-0.05, 0) is 0 Å². The molecule has 8 heteroatoms. The van der Waals surface area contributed by atoms with E-state index < -0.39 is 7.60 Å². The molecule has 2 amide bonds. The van der Waals surface area contributed by atoms with Gasteiger partial charge in [0.05, 0.1) is 0 Å². The number of nitrogens with zero attached hydrogens (tertiary/aromatic N) is 2. The zero-order valence-corrected chi connectivity index (χ0v) is 11.7. The summed E-state index contributed by atoms with van der Waals surface area (Å²) in [5.41, 5.74) is 0. The molecule has 0 unspecified atom stereocenters.